The first-order valence-corrected chi connectivity index (χ1v) is 9.97. The number of rotatable bonds is 8. The average Bonchev–Trinajstić information content (AvgIpc) is 3.04. The zero-order valence-corrected chi connectivity index (χ0v) is 17.3. The number of hydrogen-bond acceptors (Lipinski definition) is 3. The van der Waals surface area contributed by atoms with Crippen molar-refractivity contribution in [1.82, 2.24) is 19.8 Å². The molecule has 2 amide bonds. The van der Waals surface area contributed by atoms with Crippen molar-refractivity contribution >= 4 is 22.8 Å². The van der Waals surface area contributed by atoms with Crippen molar-refractivity contribution in [2.75, 3.05) is 6.54 Å². The molecule has 0 aliphatic heterocycles. The van der Waals surface area contributed by atoms with Crippen molar-refractivity contribution in [3.05, 3.63) is 66.0 Å². The molecule has 0 saturated heterocycles. The minimum absolute atomic E-state index is 0.0489. The van der Waals surface area contributed by atoms with Crippen LogP contribution in [-0.2, 0) is 29.1 Å². The highest BCUT2D eigenvalue weighted by Crippen LogP contribution is 2.18. The number of carbonyl (C=O) groups is 2. The number of nitrogens with zero attached hydrogens (tertiary/aromatic N) is 3. The molecular formula is C23H28N4O2. The van der Waals surface area contributed by atoms with Crippen LogP contribution in [0.2, 0.25) is 0 Å². The third-order valence-corrected chi connectivity index (χ3v) is 4.89. The third-order valence-electron chi connectivity index (χ3n) is 4.89. The van der Waals surface area contributed by atoms with Gasteiger partial charge in [0.15, 0.2) is 0 Å². The molecule has 0 atom stereocenters. The number of aromatic nitrogens is 2. The van der Waals surface area contributed by atoms with E-state index in [1.807, 2.05) is 77.9 Å². The normalized spacial score (nSPS) is 11.0. The second-order valence-corrected chi connectivity index (χ2v) is 7.44. The molecule has 3 rings (SSSR count). The van der Waals surface area contributed by atoms with Crippen LogP contribution in [0.15, 0.2) is 54.6 Å². The maximum Gasteiger partial charge on any atom is 0.243 e. The van der Waals surface area contributed by atoms with Crippen LogP contribution in [0, 0.1) is 0 Å². The van der Waals surface area contributed by atoms with E-state index in [1.165, 1.54) is 6.92 Å². The van der Waals surface area contributed by atoms with Gasteiger partial charge in [0.1, 0.15) is 12.4 Å². The van der Waals surface area contributed by atoms with Gasteiger partial charge in [-0.3, -0.25) is 9.59 Å². The summed E-state index contributed by atoms with van der Waals surface area (Å²) in [6.07, 6.45) is 0.571. The van der Waals surface area contributed by atoms with Gasteiger partial charge < -0.3 is 14.8 Å². The summed E-state index contributed by atoms with van der Waals surface area (Å²) in [6, 6.07) is 17.9. The molecule has 0 bridgehead atoms. The van der Waals surface area contributed by atoms with Gasteiger partial charge in [-0.15, -0.1) is 0 Å². The maximum atomic E-state index is 13.2. The summed E-state index contributed by atoms with van der Waals surface area (Å²) >= 11 is 0. The highest BCUT2D eigenvalue weighted by molar-refractivity contribution is 5.81. The Balaban J connectivity index is 1.84. The molecule has 1 heterocycles. The van der Waals surface area contributed by atoms with E-state index in [9.17, 15) is 9.59 Å². The summed E-state index contributed by atoms with van der Waals surface area (Å²) < 4.78 is 1.97. The number of hydrogen-bond donors (Lipinski definition) is 1. The minimum Gasteiger partial charge on any atom is -0.356 e. The van der Waals surface area contributed by atoms with Gasteiger partial charge >= 0.3 is 0 Å². The van der Waals surface area contributed by atoms with E-state index in [4.69, 9.17) is 4.98 Å². The third kappa shape index (κ3) is 5.22. The highest BCUT2D eigenvalue weighted by Gasteiger charge is 2.20. The first-order valence-electron chi connectivity index (χ1n) is 9.97. The summed E-state index contributed by atoms with van der Waals surface area (Å²) in [6.45, 7) is 6.85. The minimum atomic E-state index is -0.0717. The van der Waals surface area contributed by atoms with Gasteiger partial charge in [-0.05, 0) is 31.5 Å². The monoisotopic (exact) mass is 392 g/mol. The van der Waals surface area contributed by atoms with Crippen LogP contribution in [0.4, 0.5) is 0 Å². The van der Waals surface area contributed by atoms with E-state index >= 15 is 0 Å². The summed E-state index contributed by atoms with van der Waals surface area (Å²) in [4.78, 5) is 31.0. The van der Waals surface area contributed by atoms with Crippen LogP contribution in [0.5, 0.6) is 0 Å². The van der Waals surface area contributed by atoms with E-state index in [2.05, 4.69) is 5.32 Å². The van der Waals surface area contributed by atoms with Gasteiger partial charge in [0.2, 0.25) is 11.8 Å². The Morgan fingerprint density at radius 2 is 1.76 bits per heavy atom. The molecule has 1 aromatic heterocycles. The average molecular weight is 393 g/mol. The highest BCUT2D eigenvalue weighted by atomic mass is 16.2. The van der Waals surface area contributed by atoms with E-state index in [1.54, 1.807) is 0 Å². The van der Waals surface area contributed by atoms with Crippen LogP contribution in [0.1, 0.15) is 32.2 Å². The number of imidazole rings is 1. The lowest BCUT2D eigenvalue weighted by Crippen LogP contribution is -2.38. The number of para-hydroxylation sites is 2. The Kier molecular flexibility index (Phi) is 6.65. The van der Waals surface area contributed by atoms with Crippen molar-refractivity contribution in [1.29, 1.82) is 0 Å². The fourth-order valence-electron chi connectivity index (χ4n) is 3.41. The van der Waals surface area contributed by atoms with Crippen LogP contribution < -0.4 is 5.32 Å². The van der Waals surface area contributed by atoms with Crippen LogP contribution in [0.25, 0.3) is 11.0 Å². The Morgan fingerprint density at radius 1 is 1.07 bits per heavy atom. The van der Waals surface area contributed by atoms with Crippen molar-refractivity contribution in [2.45, 2.75) is 46.3 Å². The fraction of sp³-hybridized carbons (Fsp3) is 0.348. The topological polar surface area (TPSA) is 67.2 Å². The molecular weight excluding hydrogens is 364 g/mol. The zero-order valence-electron chi connectivity index (χ0n) is 17.3. The predicted molar refractivity (Wildman–Crippen MR) is 114 cm³/mol. The Labute approximate surface area is 171 Å². The Bertz CT molecular complexity index is 979. The number of benzene rings is 2. The van der Waals surface area contributed by atoms with E-state index < -0.39 is 0 Å². The van der Waals surface area contributed by atoms with Gasteiger partial charge in [-0.25, -0.2) is 4.98 Å². The lowest BCUT2D eigenvalue weighted by Gasteiger charge is -2.27. The molecule has 0 aliphatic carbocycles. The van der Waals surface area contributed by atoms with E-state index in [-0.39, 0.29) is 24.4 Å². The molecule has 1 N–H and O–H groups in total. The maximum absolute atomic E-state index is 13.2. The standard InChI is InChI=1S/C23H28N4O2/c1-17(2)26(15-19-9-5-4-6-10-19)23(29)16-27-21-12-8-7-11-20(21)25-22(27)13-14-24-18(3)28/h4-12,17H,13-16H2,1-3H3,(H,24,28). The molecule has 0 fully saturated rings. The first kappa shape index (κ1) is 20.6. The number of carbonyl (C=O) groups excluding carboxylic acids is 2. The molecule has 6 nitrogen and oxygen atoms in total. The van der Waals surface area contributed by atoms with Crippen molar-refractivity contribution < 1.29 is 9.59 Å². The Morgan fingerprint density at radius 3 is 2.45 bits per heavy atom. The van der Waals surface area contributed by atoms with Crippen molar-refractivity contribution in [3.63, 3.8) is 0 Å². The molecule has 2 aromatic carbocycles. The molecule has 3 aromatic rings. The van der Waals surface area contributed by atoms with Gasteiger partial charge in [0.05, 0.1) is 11.0 Å². The summed E-state index contributed by atoms with van der Waals surface area (Å²) in [5, 5.41) is 2.80. The predicted octanol–water partition coefficient (Wildman–Crippen LogP) is 3.15. The molecule has 29 heavy (non-hydrogen) atoms. The largest absolute Gasteiger partial charge is 0.356 e. The van der Waals surface area contributed by atoms with Gasteiger partial charge in [0, 0.05) is 32.5 Å². The number of nitrogens with one attached hydrogen (secondary N) is 1. The van der Waals surface area contributed by atoms with Gasteiger partial charge in [-0.2, -0.15) is 0 Å². The fourth-order valence-corrected chi connectivity index (χ4v) is 3.41. The van der Waals surface area contributed by atoms with Crippen LogP contribution in [0.3, 0.4) is 0 Å². The second-order valence-electron chi connectivity index (χ2n) is 7.44. The number of fused-ring (bicyclic) bond motifs is 1. The van der Waals surface area contributed by atoms with Gasteiger partial charge in [0.25, 0.3) is 0 Å². The molecule has 0 unspecified atom stereocenters. The molecule has 0 radical (unpaired) electrons. The SMILES string of the molecule is CC(=O)NCCc1nc2ccccc2n1CC(=O)N(Cc1ccccc1)C(C)C. The van der Waals surface area contributed by atoms with Gasteiger partial charge in [-0.1, -0.05) is 42.5 Å². The lowest BCUT2D eigenvalue weighted by molar-refractivity contribution is -0.134. The zero-order chi connectivity index (χ0) is 20.8. The number of amides is 2. The van der Waals surface area contributed by atoms with Crippen molar-refractivity contribution in [2.24, 2.45) is 0 Å². The quantitative estimate of drug-likeness (QED) is 0.640. The smallest absolute Gasteiger partial charge is 0.243 e. The summed E-state index contributed by atoms with van der Waals surface area (Å²) in [7, 11) is 0. The van der Waals surface area contributed by atoms with Crippen LogP contribution in [-0.4, -0.2) is 38.9 Å². The second kappa shape index (κ2) is 9.37. The molecule has 152 valence electrons. The Hall–Kier alpha value is -3.15. The van der Waals surface area contributed by atoms with E-state index in [0.29, 0.717) is 19.5 Å². The van der Waals surface area contributed by atoms with E-state index in [0.717, 1.165) is 22.4 Å². The molecule has 0 saturated carbocycles. The van der Waals surface area contributed by atoms with Crippen molar-refractivity contribution in [3.8, 4) is 0 Å². The molecule has 6 heteroatoms. The summed E-state index contributed by atoms with van der Waals surface area (Å²) in [5.41, 5.74) is 2.90. The van der Waals surface area contributed by atoms with Crippen LogP contribution >= 0.6 is 0 Å². The first-order chi connectivity index (χ1) is 14.0. The molecule has 0 spiro atoms. The molecule has 0 aliphatic rings. The summed E-state index contributed by atoms with van der Waals surface area (Å²) in [5.74, 6) is 0.780. The lowest BCUT2D eigenvalue weighted by atomic mass is 10.2.